The molecule has 6 heteroatoms. The molecule has 0 amide bonds. The van der Waals surface area contributed by atoms with Gasteiger partial charge in [0, 0.05) is 6.54 Å². The molecule has 0 spiro atoms. The van der Waals surface area contributed by atoms with Crippen molar-refractivity contribution in [2.45, 2.75) is 6.10 Å². The third-order valence-electron chi connectivity index (χ3n) is 2.73. The molecule has 0 saturated carbocycles. The van der Waals surface area contributed by atoms with Gasteiger partial charge in [-0.25, -0.2) is 8.78 Å². The van der Waals surface area contributed by atoms with Gasteiger partial charge in [-0.05, 0) is 12.1 Å². The number of nitriles is 2. The van der Waals surface area contributed by atoms with Crippen molar-refractivity contribution in [2.24, 2.45) is 0 Å². The van der Waals surface area contributed by atoms with Crippen molar-refractivity contribution in [1.29, 1.82) is 10.5 Å². The van der Waals surface area contributed by atoms with E-state index < -0.39 is 17.7 Å². The van der Waals surface area contributed by atoms with Crippen LogP contribution in [0, 0.1) is 34.3 Å². The molecule has 1 aliphatic heterocycles. The van der Waals surface area contributed by atoms with Crippen LogP contribution in [0.15, 0.2) is 12.1 Å². The van der Waals surface area contributed by atoms with Crippen LogP contribution in [0.1, 0.15) is 5.56 Å². The summed E-state index contributed by atoms with van der Waals surface area (Å²) in [4.78, 5) is 1.54. The van der Waals surface area contributed by atoms with Gasteiger partial charge in [0.15, 0.2) is 17.7 Å². The van der Waals surface area contributed by atoms with Gasteiger partial charge in [-0.1, -0.05) is 0 Å². The van der Waals surface area contributed by atoms with Crippen LogP contribution in [0.2, 0.25) is 0 Å². The fraction of sp³-hybridized carbons (Fsp3) is 0.333. The maximum absolute atomic E-state index is 13.8. The van der Waals surface area contributed by atoms with Crippen LogP contribution in [-0.2, 0) is 4.74 Å². The van der Waals surface area contributed by atoms with E-state index in [1.54, 1.807) is 6.07 Å². The zero-order valence-corrected chi connectivity index (χ0v) is 9.36. The Balaban J connectivity index is 2.32. The minimum Gasteiger partial charge on any atom is -0.363 e. The van der Waals surface area contributed by atoms with Crippen LogP contribution < -0.4 is 4.90 Å². The minimum absolute atomic E-state index is 0.0510. The van der Waals surface area contributed by atoms with E-state index in [1.807, 2.05) is 6.07 Å². The van der Waals surface area contributed by atoms with Crippen molar-refractivity contribution in [2.75, 3.05) is 24.6 Å². The largest absolute Gasteiger partial charge is 0.363 e. The number of halogens is 2. The first-order valence-corrected chi connectivity index (χ1v) is 5.31. The summed E-state index contributed by atoms with van der Waals surface area (Å²) < 4.78 is 32.4. The van der Waals surface area contributed by atoms with Crippen LogP contribution in [-0.4, -0.2) is 25.8 Å². The average molecular weight is 249 g/mol. The number of ether oxygens (including phenoxy) is 1. The molecular formula is C12H9F2N3O. The highest BCUT2D eigenvalue weighted by atomic mass is 19.2. The Kier molecular flexibility index (Phi) is 3.40. The fourth-order valence-electron chi connectivity index (χ4n) is 1.82. The molecule has 0 aromatic heterocycles. The number of hydrogen-bond acceptors (Lipinski definition) is 4. The molecule has 1 unspecified atom stereocenters. The molecule has 1 atom stereocenters. The summed E-state index contributed by atoms with van der Waals surface area (Å²) in [6, 6.07) is 6.07. The summed E-state index contributed by atoms with van der Waals surface area (Å²) in [6.07, 6.45) is -0.656. The summed E-state index contributed by atoms with van der Waals surface area (Å²) in [7, 11) is 0. The number of benzene rings is 1. The number of nitrogens with zero attached hydrogens (tertiary/aromatic N) is 3. The zero-order valence-electron chi connectivity index (χ0n) is 9.36. The van der Waals surface area contributed by atoms with Gasteiger partial charge in [0.05, 0.1) is 30.5 Å². The smallest absolute Gasteiger partial charge is 0.183 e. The van der Waals surface area contributed by atoms with Gasteiger partial charge in [-0.3, -0.25) is 0 Å². The van der Waals surface area contributed by atoms with Gasteiger partial charge >= 0.3 is 0 Å². The van der Waals surface area contributed by atoms with E-state index >= 15 is 0 Å². The van der Waals surface area contributed by atoms with Crippen molar-refractivity contribution in [3.05, 3.63) is 29.3 Å². The Morgan fingerprint density at radius 3 is 2.72 bits per heavy atom. The first kappa shape index (κ1) is 12.3. The lowest BCUT2D eigenvalue weighted by Crippen LogP contribution is -2.42. The summed E-state index contributed by atoms with van der Waals surface area (Å²) in [5.41, 5.74) is -0.281. The fourth-order valence-corrected chi connectivity index (χ4v) is 1.82. The highest BCUT2D eigenvalue weighted by Crippen LogP contribution is 2.25. The molecule has 0 radical (unpaired) electrons. The summed E-state index contributed by atoms with van der Waals surface area (Å²) in [5, 5.41) is 17.3. The zero-order chi connectivity index (χ0) is 13.1. The van der Waals surface area contributed by atoms with E-state index in [1.165, 1.54) is 17.0 Å². The standard InChI is InChI=1S/C12H9F2N3O/c13-11-8(5-15)1-2-10(12(11)14)17-3-4-18-9(6-16)7-17/h1-2,9H,3-4,7H2. The molecule has 0 N–H and O–H groups in total. The molecule has 0 aliphatic carbocycles. The van der Waals surface area contributed by atoms with Gasteiger partial charge in [-0.15, -0.1) is 0 Å². The SMILES string of the molecule is N#Cc1ccc(N2CCOC(C#N)C2)c(F)c1F. The van der Waals surface area contributed by atoms with Crippen LogP contribution in [0.4, 0.5) is 14.5 Å². The molecule has 2 rings (SSSR count). The predicted molar refractivity (Wildman–Crippen MR) is 58.6 cm³/mol. The summed E-state index contributed by atoms with van der Waals surface area (Å²) >= 11 is 0. The molecule has 1 fully saturated rings. The second-order valence-corrected chi connectivity index (χ2v) is 3.81. The molecule has 1 aliphatic rings. The van der Waals surface area contributed by atoms with Crippen molar-refractivity contribution in [1.82, 2.24) is 0 Å². The van der Waals surface area contributed by atoms with Gasteiger partial charge in [0.2, 0.25) is 0 Å². The van der Waals surface area contributed by atoms with E-state index in [-0.39, 0.29) is 24.4 Å². The second-order valence-electron chi connectivity index (χ2n) is 3.81. The first-order chi connectivity index (χ1) is 8.67. The molecule has 1 aromatic carbocycles. The predicted octanol–water partition coefficient (Wildman–Crippen LogP) is 1.57. The summed E-state index contributed by atoms with van der Waals surface area (Å²) in [5.74, 6) is -2.22. The second kappa shape index (κ2) is 4.99. The molecule has 92 valence electrons. The van der Waals surface area contributed by atoms with Gasteiger partial charge in [0.1, 0.15) is 6.07 Å². The molecular weight excluding hydrogens is 240 g/mol. The Morgan fingerprint density at radius 1 is 1.28 bits per heavy atom. The Hall–Kier alpha value is -2.18. The van der Waals surface area contributed by atoms with Crippen LogP contribution in [0.25, 0.3) is 0 Å². The summed E-state index contributed by atoms with van der Waals surface area (Å²) in [6.45, 7) is 0.832. The van der Waals surface area contributed by atoms with Crippen LogP contribution in [0.3, 0.4) is 0 Å². The van der Waals surface area contributed by atoms with E-state index in [4.69, 9.17) is 15.3 Å². The lowest BCUT2D eigenvalue weighted by Gasteiger charge is -2.31. The highest BCUT2D eigenvalue weighted by molar-refractivity contribution is 5.52. The number of rotatable bonds is 1. The van der Waals surface area contributed by atoms with E-state index in [0.717, 1.165) is 0 Å². The van der Waals surface area contributed by atoms with Crippen molar-refractivity contribution >= 4 is 5.69 Å². The third kappa shape index (κ3) is 2.11. The minimum atomic E-state index is -1.16. The van der Waals surface area contributed by atoms with E-state index in [0.29, 0.717) is 6.54 Å². The van der Waals surface area contributed by atoms with Crippen molar-refractivity contribution in [3.8, 4) is 12.1 Å². The number of anilines is 1. The van der Waals surface area contributed by atoms with Gasteiger partial charge in [-0.2, -0.15) is 10.5 Å². The molecule has 1 aromatic rings. The van der Waals surface area contributed by atoms with Crippen LogP contribution in [0.5, 0.6) is 0 Å². The highest BCUT2D eigenvalue weighted by Gasteiger charge is 2.24. The maximum atomic E-state index is 13.8. The van der Waals surface area contributed by atoms with Crippen molar-refractivity contribution < 1.29 is 13.5 Å². The van der Waals surface area contributed by atoms with E-state index in [9.17, 15) is 8.78 Å². The molecule has 0 bridgehead atoms. The number of morpholine rings is 1. The normalized spacial score (nSPS) is 19.1. The first-order valence-electron chi connectivity index (χ1n) is 5.31. The van der Waals surface area contributed by atoms with E-state index in [2.05, 4.69) is 0 Å². The van der Waals surface area contributed by atoms with Gasteiger partial charge in [0.25, 0.3) is 0 Å². The average Bonchev–Trinajstić information content (AvgIpc) is 2.42. The number of hydrogen-bond donors (Lipinski definition) is 0. The Morgan fingerprint density at radius 2 is 2.06 bits per heavy atom. The van der Waals surface area contributed by atoms with Gasteiger partial charge < -0.3 is 9.64 Å². The topological polar surface area (TPSA) is 60.1 Å². The third-order valence-corrected chi connectivity index (χ3v) is 2.73. The molecule has 18 heavy (non-hydrogen) atoms. The lowest BCUT2D eigenvalue weighted by atomic mass is 10.1. The lowest BCUT2D eigenvalue weighted by molar-refractivity contribution is 0.0761. The quantitative estimate of drug-likeness (QED) is 0.757. The molecule has 4 nitrogen and oxygen atoms in total. The monoisotopic (exact) mass is 249 g/mol. The Labute approximate surface area is 103 Å². The van der Waals surface area contributed by atoms with Crippen LogP contribution >= 0.6 is 0 Å². The molecule has 1 saturated heterocycles. The molecule has 1 heterocycles. The Bertz CT molecular complexity index is 547. The van der Waals surface area contributed by atoms with Crippen molar-refractivity contribution in [3.63, 3.8) is 0 Å². The maximum Gasteiger partial charge on any atom is 0.183 e.